The van der Waals surface area contributed by atoms with E-state index in [1.807, 2.05) is 31.2 Å². The molecule has 144 valence electrons. The van der Waals surface area contributed by atoms with E-state index in [0.717, 1.165) is 61.5 Å². The number of aromatic nitrogens is 4. The van der Waals surface area contributed by atoms with E-state index in [4.69, 9.17) is 9.97 Å². The van der Waals surface area contributed by atoms with E-state index in [2.05, 4.69) is 50.5 Å². The average molecular weight is 394 g/mol. The van der Waals surface area contributed by atoms with E-state index in [0.29, 0.717) is 0 Å². The molecule has 8 heteroatoms. The van der Waals surface area contributed by atoms with Crippen molar-refractivity contribution < 1.29 is 0 Å². The molecule has 1 fully saturated rings. The van der Waals surface area contributed by atoms with Gasteiger partial charge >= 0.3 is 0 Å². The van der Waals surface area contributed by atoms with Crippen molar-refractivity contribution in [3.05, 3.63) is 48.4 Å². The van der Waals surface area contributed by atoms with Crippen LogP contribution in [0.25, 0.3) is 0 Å². The van der Waals surface area contributed by atoms with Crippen molar-refractivity contribution in [2.24, 2.45) is 7.05 Å². The van der Waals surface area contributed by atoms with Crippen LogP contribution in [-0.2, 0) is 13.5 Å². The number of anilines is 4. The van der Waals surface area contributed by atoms with E-state index in [1.54, 1.807) is 4.68 Å². The Morgan fingerprint density at radius 3 is 2.54 bits per heavy atom. The second kappa shape index (κ2) is 7.35. The Morgan fingerprint density at radius 2 is 1.79 bits per heavy atom. The standard InChI is InChI=1S/C20H23N7S/c1-25-14-15(13-21-25)22-19-18-17(7-12-28-18)23-20(24-19)27-10-8-26(9-11-27)16-5-3-2-4-6-16/h2-6,13-14H,7-12H2,1H3,(H,22,23,24). The first kappa shape index (κ1) is 17.4. The Hall–Kier alpha value is -2.74. The van der Waals surface area contributed by atoms with Crippen LogP contribution in [0.5, 0.6) is 0 Å². The zero-order valence-corrected chi connectivity index (χ0v) is 16.7. The normalized spacial score (nSPS) is 16.3. The fourth-order valence-corrected chi connectivity index (χ4v) is 4.75. The van der Waals surface area contributed by atoms with Crippen molar-refractivity contribution in [3.8, 4) is 0 Å². The summed E-state index contributed by atoms with van der Waals surface area (Å²) in [6.45, 7) is 3.80. The number of hydrogen-bond donors (Lipinski definition) is 1. The number of rotatable bonds is 4. The number of piperazine rings is 1. The lowest BCUT2D eigenvalue weighted by Crippen LogP contribution is -2.47. The highest BCUT2D eigenvalue weighted by atomic mass is 32.2. The molecule has 1 N–H and O–H groups in total. The highest BCUT2D eigenvalue weighted by Crippen LogP contribution is 2.38. The number of para-hydroxylation sites is 1. The van der Waals surface area contributed by atoms with Gasteiger partial charge in [-0.25, -0.2) is 4.98 Å². The lowest BCUT2D eigenvalue weighted by atomic mass is 10.2. The number of thioether (sulfide) groups is 1. The Bertz CT molecular complexity index is 964. The van der Waals surface area contributed by atoms with E-state index >= 15 is 0 Å². The molecule has 0 amide bonds. The SMILES string of the molecule is Cn1cc(Nc2nc(N3CCN(c4ccccc4)CC3)nc3c2SCC3)cn1. The number of nitrogens with one attached hydrogen (secondary N) is 1. The van der Waals surface area contributed by atoms with Crippen LogP contribution in [-0.4, -0.2) is 51.7 Å². The topological polar surface area (TPSA) is 62.1 Å². The third kappa shape index (κ3) is 3.40. The third-order valence-corrected chi connectivity index (χ3v) is 6.29. The van der Waals surface area contributed by atoms with Gasteiger partial charge in [0.2, 0.25) is 5.95 Å². The van der Waals surface area contributed by atoms with Crippen molar-refractivity contribution in [2.45, 2.75) is 11.3 Å². The summed E-state index contributed by atoms with van der Waals surface area (Å²) in [5, 5.41) is 7.69. The monoisotopic (exact) mass is 393 g/mol. The van der Waals surface area contributed by atoms with E-state index in [-0.39, 0.29) is 0 Å². The Balaban J connectivity index is 1.36. The molecule has 4 heterocycles. The zero-order valence-electron chi connectivity index (χ0n) is 15.9. The molecule has 1 aromatic carbocycles. The molecule has 2 aliphatic rings. The van der Waals surface area contributed by atoms with Gasteiger partial charge in [-0.15, -0.1) is 11.8 Å². The van der Waals surface area contributed by atoms with Crippen molar-refractivity contribution >= 4 is 34.9 Å². The summed E-state index contributed by atoms with van der Waals surface area (Å²) >= 11 is 1.83. The predicted octanol–water partition coefficient (Wildman–Crippen LogP) is 2.93. The fourth-order valence-electron chi connectivity index (χ4n) is 3.71. The van der Waals surface area contributed by atoms with Crippen molar-refractivity contribution in [1.29, 1.82) is 0 Å². The van der Waals surface area contributed by atoms with Crippen molar-refractivity contribution in [2.75, 3.05) is 47.0 Å². The van der Waals surface area contributed by atoms with Crippen molar-refractivity contribution in [1.82, 2.24) is 19.7 Å². The fraction of sp³-hybridized carbons (Fsp3) is 0.350. The molecule has 5 rings (SSSR count). The molecule has 0 spiro atoms. The van der Waals surface area contributed by atoms with Gasteiger partial charge in [0.25, 0.3) is 0 Å². The first-order valence-electron chi connectivity index (χ1n) is 9.60. The number of nitrogens with zero attached hydrogens (tertiary/aromatic N) is 6. The molecular formula is C20H23N7S. The van der Waals surface area contributed by atoms with Crippen LogP contribution < -0.4 is 15.1 Å². The molecule has 0 bridgehead atoms. The minimum atomic E-state index is 0.834. The minimum absolute atomic E-state index is 0.834. The first-order chi connectivity index (χ1) is 13.8. The summed E-state index contributed by atoms with van der Waals surface area (Å²) in [6, 6.07) is 10.6. The molecule has 1 saturated heterocycles. The third-order valence-electron chi connectivity index (χ3n) is 5.16. The van der Waals surface area contributed by atoms with Gasteiger partial charge in [-0.3, -0.25) is 4.68 Å². The Labute approximate surface area is 168 Å². The smallest absolute Gasteiger partial charge is 0.227 e. The van der Waals surface area contributed by atoms with Crippen LogP contribution in [0, 0.1) is 0 Å². The highest BCUT2D eigenvalue weighted by molar-refractivity contribution is 7.99. The maximum absolute atomic E-state index is 4.90. The van der Waals surface area contributed by atoms with Crippen LogP contribution in [0.3, 0.4) is 0 Å². The first-order valence-corrected chi connectivity index (χ1v) is 10.6. The summed E-state index contributed by atoms with van der Waals surface area (Å²) < 4.78 is 1.79. The molecule has 28 heavy (non-hydrogen) atoms. The summed E-state index contributed by atoms with van der Waals surface area (Å²) in [4.78, 5) is 15.7. The van der Waals surface area contributed by atoms with E-state index < -0.39 is 0 Å². The Kier molecular flexibility index (Phi) is 4.56. The maximum Gasteiger partial charge on any atom is 0.227 e. The lowest BCUT2D eigenvalue weighted by molar-refractivity contribution is 0.638. The van der Waals surface area contributed by atoms with Gasteiger partial charge in [-0.2, -0.15) is 10.1 Å². The molecule has 0 radical (unpaired) electrons. The van der Waals surface area contributed by atoms with Gasteiger partial charge in [-0.1, -0.05) is 18.2 Å². The number of fused-ring (bicyclic) bond motifs is 1. The van der Waals surface area contributed by atoms with Gasteiger partial charge in [-0.05, 0) is 12.1 Å². The maximum atomic E-state index is 4.90. The molecule has 0 unspecified atom stereocenters. The van der Waals surface area contributed by atoms with Gasteiger partial charge in [0.1, 0.15) is 5.82 Å². The van der Waals surface area contributed by atoms with Gasteiger partial charge in [0, 0.05) is 57.3 Å². The van der Waals surface area contributed by atoms with Gasteiger partial charge in [0.05, 0.1) is 22.5 Å². The summed E-state index contributed by atoms with van der Waals surface area (Å²) in [7, 11) is 1.92. The molecule has 0 aliphatic carbocycles. The summed E-state index contributed by atoms with van der Waals surface area (Å²) in [5.41, 5.74) is 3.40. The molecule has 0 saturated carbocycles. The summed E-state index contributed by atoms with van der Waals surface area (Å²) in [5.74, 6) is 2.80. The zero-order chi connectivity index (χ0) is 18.9. The van der Waals surface area contributed by atoms with Crippen LogP contribution in [0.2, 0.25) is 0 Å². The highest BCUT2D eigenvalue weighted by Gasteiger charge is 2.25. The van der Waals surface area contributed by atoms with E-state index in [9.17, 15) is 0 Å². The molecule has 2 aliphatic heterocycles. The number of benzene rings is 1. The van der Waals surface area contributed by atoms with Crippen LogP contribution >= 0.6 is 11.8 Å². The molecule has 2 aromatic heterocycles. The van der Waals surface area contributed by atoms with Crippen LogP contribution in [0.4, 0.5) is 23.1 Å². The van der Waals surface area contributed by atoms with Gasteiger partial charge in [0.15, 0.2) is 0 Å². The molecule has 3 aromatic rings. The average Bonchev–Trinajstić information content (AvgIpc) is 3.37. The minimum Gasteiger partial charge on any atom is -0.368 e. The quantitative estimate of drug-likeness (QED) is 0.731. The number of hydrogen-bond acceptors (Lipinski definition) is 7. The summed E-state index contributed by atoms with van der Waals surface area (Å²) in [6.07, 6.45) is 4.79. The van der Waals surface area contributed by atoms with Crippen molar-refractivity contribution in [3.63, 3.8) is 0 Å². The molecule has 0 atom stereocenters. The lowest BCUT2D eigenvalue weighted by Gasteiger charge is -2.36. The molecular weight excluding hydrogens is 370 g/mol. The van der Waals surface area contributed by atoms with Crippen LogP contribution in [0.1, 0.15) is 5.69 Å². The second-order valence-corrected chi connectivity index (χ2v) is 8.19. The predicted molar refractivity (Wildman–Crippen MR) is 114 cm³/mol. The molecule has 7 nitrogen and oxygen atoms in total. The van der Waals surface area contributed by atoms with E-state index in [1.165, 1.54) is 10.6 Å². The number of aryl methyl sites for hydroxylation is 2. The Morgan fingerprint density at radius 1 is 1.00 bits per heavy atom. The van der Waals surface area contributed by atoms with Gasteiger partial charge < -0.3 is 15.1 Å². The second-order valence-electron chi connectivity index (χ2n) is 7.08. The largest absolute Gasteiger partial charge is 0.368 e. The van der Waals surface area contributed by atoms with Crippen LogP contribution in [0.15, 0.2) is 47.6 Å².